The highest BCUT2D eigenvalue weighted by atomic mass is 16.5. The molecule has 126 valence electrons. The maximum Gasteiger partial charge on any atom is 0.0731 e. The van der Waals surface area contributed by atoms with Gasteiger partial charge in [0, 0.05) is 12.6 Å². The Morgan fingerprint density at radius 1 is 1.19 bits per heavy atom. The average Bonchev–Trinajstić information content (AvgIpc) is 2.46. The third-order valence-electron chi connectivity index (χ3n) is 5.19. The van der Waals surface area contributed by atoms with Crippen LogP contribution in [0.4, 0.5) is 0 Å². The molecule has 1 rings (SSSR count). The van der Waals surface area contributed by atoms with Crippen molar-refractivity contribution in [2.45, 2.75) is 72.4 Å². The summed E-state index contributed by atoms with van der Waals surface area (Å²) in [5, 5.41) is 3.44. The van der Waals surface area contributed by atoms with Gasteiger partial charge in [-0.1, -0.05) is 41.0 Å². The van der Waals surface area contributed by atoms with Gasteiger partial charge in [0.05, 0.1) is 19.3 Å². The molecule has 1 saturated carbocycles. The van der Waals surface area contributed by atoms with E-state index in [1.54, 1.807) is 0 Å². The van der Waals surface area contributed by atoms with E-state index >= 15 is 0 Å². The van der Waals surface area contributed by atoms with Crippen LogP contribution >= 0.6 is 0 Å². The van der Waals surface area contributed by atoms with Crippen LogP contribution in [-0.2, 0) is 9.47 Å². The Morgan fingerprint density at radius 2 is 1.90 bits per heavy atom. The molecule has 0 saturated heterocycles. The van der Waals surface area contributed by atoms with E-state index in [9.17, 15) is 0 Å². The molecule has 1 fully saturated rings. The molecule has 0 spiro atoms. The number of nitrogens with one attached hydrogen (secondary N) is 1. The van der Waals surface area contributed by atoms with Crippen LogP contribution in [-0.4, -0.2) is 39.0 Å². The molecule has 0 aliphatic heterocycles. The summed E-state index contributed by atoms with van der Waals surface area (Å²) >= 11 is 0. The standard InChI is InChI=1S/C18H37NO2/c1-7-18(4,5)15-8-9-16(19-6)17(12-15)21-11-10-20-13-14(2)3/h14-17,19H,7-13H2,1-6H3. The van der Waals surface area contributed by atoms with Crippen molar-refractivity contribution < 1.29 is 9.47 Å². The molecule has 1 N–H and O–H groups in total. The van der Waals surface area contributed by atoms with Crippen molar-refractivity contribution >= 4 is 0 Å². The van der Waals surface area contributed by atoms with Crippen LogP contribution in [0.3, 0.4) is 0 Å². The van der Waals surface area contributed by atoms with Gasteiger partial charge in [0.25, 0.3) is 0 Å². The van der Waals surface area contributed by atoms with Crippen molar-refractivity contribution in [1.82, 2.24) is 5.32 Å². The highest BCUT2D eigenvalue weighted by Crippen LogP contribution is 2.41. The Bertz CT molecular complexity index is 278. The zero-order valence-corrected chi connectivity index (χ0v) is 15.1. The summed E-state index contributed by atoms with van der Waals surface area (Å²) in [7, 11) is 2.06. The first kappa shape index (κ1) is 18.9. The maximum atomic E-state index is 6.15. The minimum atomic E-state index is 0.335. The summed E-state index contributed by atoms with van der Waals surface area (Å²) in [5.74, 6) is 1.37. The van der Waals surface area contributed by atoms with Gasteiger partial charge in [-0.25, -0.2) is 0 Å². The third kappa shape index (κ3) is 6.25. The second-order valence-electron chi connectivity index (χ2n) is 7.63. The monoisotopic (exact) mass is 299 g/mol. The van der Waals surface area contributed by atoms with Crippen molar-refractivity contribution in [3.05, 3.63) is 0 Å². The number of rotatable bonds is 9. The van der Waals surface area contributed by atoms with Gasteiger partial charge in [0.1, 0.15) is 0 Å². The first-order chi connectivity index (χ1) is 9.90. The van der Waals surface area contributed by atoms with Gasteiger partial charge in [0.15, 0.2) is 0 Å². The summed E-state index contributed by atoms with van der Waals surface area (Å²) in [6.07, 6.45) is 5.29. The first-order valence-electron chi connectivity index (χ1n) is 8.77. The van der Waals surface area contributed by atoms with E-state index in [1.807, 2.05) is 0 Å². The quantitative estimate of drug-likeness (QED) is 0.656. The normalized spacial score (nSPS) is 27.3. The molecule has 0 aromatic heterocycles. The summed E-state index contributed by atoms with van der Waals surface area (Å²) in [5.41, 5.74) is 0.425. The number of ether oxygens (including phenoxy) is 2. The molecule has 0 radical (unpaired) electrons. The molecule has 3 atom stereocenters. The molecule has 21 heavy (non-hydrogen) atoms. The second-order valence-corrected chi connectivity index (χ2v) is 7.63. The zero-order chi connectivity index (χ0) is 15.9. The van der Waals surface area contributed by atoms with Crippen molar-refractivity contribution in [2.24, 2.45) is 17.3 Å². The molecule has 0 aromatic carbocycles. The van der Waals surface area contributed by atoms with Crippen LogP contribution in [0.2, 0.25) is 0 Å². The van der Waals surface area contributed by atoms with E-state index in [0.29, 0.717) is 30.1 Å². The Hall–Kier alpha value is -0.120. The molecule has 3 unspecified atom stereocenters. The van der Waals surface area contributed by atoms with Crippen molar-refractivity contribution in [2.75, 3.05) is 26.9 Å². The fourth-order valence-electron chi connectivity index (χ4n) is 3.22. The van der Waals surface area contributed by atoms with Gasteiger partial charge in [-0.2, -0.15) is 0 Å². The molecule has 3 heteroatoms. The summed E-state index contributed by atoms with van der Waals surface area (Å²) in [4.78, 5) is 0. The van der Waals surface area contributed by atoms with Crippen LogP contribution < -0.4 is 5.32 Å². The zero-order valence-electron chi connectivity index (χ0n) is 15.1. The fraction of sp³-hybridized carbons (Fsp3) is 1.00. The lowest BCUT2D eigenvalue weighted by Crippen LogP contribution is -2.46. The van der Waals surface area contributed by atoms with E-state index < -0.39 is 0 Å². The Kier molecular flexibility index (Phi) is 8.22. The highest BCUT2D eigenvalue weighted by Gasteiger charge is 2.37. The predicted octanol–water partition coefficient (Wildman–Crippen LogP) is 3.87. The van der Waals surface area contributed by atoms with Gasteiger partial charge in [0.2, 0.25) is 0 Å². The van der Waals surface area contributed by atoms with Crippen molar-refractivity contribution in [1.29, 1.82) is 0 Å². The Morgan fingerprint density at radius 3 is 2.48 bits per heavy atom. The largest absolute Gasteiger partial charge is 0.379 e. The fourth-order valence-corrected chi connectivity index (χ4v) is 3.22. The Balaban J connectivity index is 2.40. The molecule has 1 aliphatic rings. The molecule has 0 bridgehead atoms. The Labute approximate surface area is 132 Å². The SMILES string of the molecule is CCC(C)(C)C1CCC(NC)C(OCCOCC(C)C)C1. The lowest BCUT2D eigenvalue weighted by Gasteiger charge is -2.42. The summed E-state index contributed by atoms with van der Waals surface area (Å²) in [6, 6.07) is 0.499. The van der Waals surface area contributed by atoms with Gasteiger partial charge in [-0.3, -0.25) is 0 Å². The van der Waals surface area contributed by atoms with Gasteiger partial charge in [-0.05, 0) is 43.6 Å². The topological polar surface area (TPSA) is 30.5 Å². The first-order valence-corrected chi connectivity index (χ1v) is 8.77. The maximum absolute atomic E-state index is 6.15. The lowest BCUT2D eigenvalue weighted by molar-refractivity contribution is -0.0513. The summed E-state index contributed by atoms with van der Waals surface area (Å²) < 4.78 is 11.8. The van der Waals surface area contributed by atoms with Crippen LogP contribution in [0.1, 0.15) is 60.3 Å². The molecule has 1 aliphatic carbocycles. The summed E-state index contributed by atoms with van der Waals surface area (Å²) in [6.45, 7) is 13.7. The second kappa shape index (κ2) is 9.12. The molecular formula is C18H37NO2. The van der Waals surface area contributed by atoms with E-state index in [-0.39, 0.29) is 0 Å². The van der Waals surface area contributed by atoms with Gasteiger partial charge >= 0.3 is 0 Å². The van der Waals surface area contributed by atoms with E-state index in [1.165, 1.54) is 25.7 Å². The van der Waals surface area contributed by atoms with Crippen molar-refractivity contribution in [3.8, 4) is 0 Å². The number of likely N-dealkylation sites (N-methyl/N-ethyl adjacent to an activating group) is 1. The highest BCUT2D eigenvalue weighted by molar-refractivity contribution is 4.90. The number of hydrogen-bond acceptors (Lipinski definition) is 3. The van der Waals surface area contributed by atoms with E-state index in [4.69, 9.17) is 9.47 Å². The third-order valence-corrected chi connectivity index (χ3v) is 5.19. The van der Waals surface area contributed by atoms with Crippen LogP contribution in [0, 0.1) is 17.3 Å². The predicted molar refractivity (Wildman–Crippen MR) is 89.7 cm³/mol. The van der Waals surface area contributed by atoms with Crippen LogP contribution in [0.25, 0.3) is 0 Å². The van der Waals surface area contributed by atoms with Crippen molar-refractivity contribution in [3.63, 3.8) is 0 Å². The van der Waals surface area contributed by atoms with Crippen LogP contribution in [0.15, 0.2) is 0 Å². The van der Waals surface area contributed by atoms with E-state index in [0.717, 1.165) is 19.1 Å². The minimum absolute atomic E-state index is 0.335. The molecule has 0 aromatic rings. The lowest BCUT2D eigenvalue weighted by atomic mass is 9.68. The average molecular weight is 299 g/mol. The van der Waals surface area contributed by atoms with Gasteiger partial charge in [-0.15, -0.1) is 0 Å². The smallest absolute Gasteiger partial charge is 0.0731 e. The molecule has 0 heterocycles. The van der Waals surface area contributed by atoms with E-state index in [2.05, 4.69) is 47.0 Å². The molecular weight excluding hydrogens is 262 g/mol. The molecule has 3 nitrogen and oxygen atoms in total. The number of hydrogen-bond donors (Lipinski definition) is 1. The van der Waals surface area contributed by atoms with Gasteiger partial charge < -0.3 is 14.8 Å². The minimum Gasteiger partial charge on any atom is -0.379 e. The van der Waals surface area contributed by atoms with Crippen LogP contribution in [0.5, 0.6) is 0 Å². The molecule has 0 amide bonds.